The van der Waals surface area contributed by atoms with Crippen molar-refractivity contribution in [1.82, 2.24) is 14.5 Å². The van der Waals surface area contributed by atoms with Crippen molar-refractivity contribution in [3.05, 3.63) is 64.3 Å². The van der Waals surface area contributed by atoms with Gasteiger partial charge in [-0.3, -0.25) is 14.2 Å². The van der Waals surface area contributed by atoms with Crippen molar-refractivity contribution in [2.45, 2.75) is 6.54 Å². The molecule has 4 aromatic rings. The standard InChI is InChI=1S/C17H11ClN4O2S/c18-10-3-1-4-11(7-10)21-13(23)8-22-9-20-14-12-5-2-6-19-16(12)25-15(14)17(22)24/h1-7,9H,8H2,(H,21,23). The number of hydrogen-bond acceptors (Lipinski definition) is 5. The number of nitrogens with zero attached hydrogens (tertiary/aromatic N) is 3. The first-order valence-corrected chi connectivity index (χ1v) is 8.59. The number of carbonyl (C=O) groups is 1. The number of fused-ring (bicyclic) bond motifs is 3. The van der Waals surface area contributed by atoms with Crippen molar-refractivity contribution in [2.75, 3.05) is 5.32 Å². The van der Waals surface area contributed by atoms with Crippen LogP contribution in [0.2, 0.25) is 5.02 Å². The molecule has 124 valence electrons. The highest BCUT2D eigenvalue weighted by Crippen LogP contribution is 2.27. The van der Waals surface area contributed by atoms with Crippen LogP contribution in [0, 0.1) is 0 Å². The molecule has 4 rings (SSSR count). The van der Waals surface area contributed by atoms with Gasteiger partial charge in [0.15, 0.2) is 0 Å². The van der Waals surface area contributed by atoms with E-state index in [1.165, 1.54) is 22.2 Å². The summed E-state index contributed by atoms with van der Waals surface area (Å²) in [5.74, 6) is -0.329. The van der Waals surface area contributed by atoms with Crippen LogP contribution in [-0.4, -0.2) is 20.4 Å². The van der Waals surface area contributed by atoms with Gasteiger partial charge in [0, 0.05) is 22.3 Å². The van der Waals surface area contributed by atoms with Crippen LogP contribution in [0.15, 0.2) is 53.7 Å². The third-order valence-corrected chi connectivity index (χ3v) is 4.97. The molecule has 8 heteroatoms. The van der Waals surface area contributed by atoms with Gasteiger partial charge in [0.25, 0.3) is 5.56 Å². The van der Waals surface area contributed by atoms with Crippen LogP contribution in [0.5, 0.6) is 0 Å². The third-order valence-electron chi connectivity index (χ3n) is 3.64. The summed E-state index contributed by atoms with van der Waals surface area (Å²) in [6.45, 7) is -0.129. The molecule has 0 saturated heterocycles. The number of benzene rings is 1. The van der Waals surface area contributed by atoms with Crippen LogP contribution >= 0.6 is 22.9 Å². The van der Waals surface area contributed by atoms with Crippen molar-refractivity contribution in [2.24, 2.45) is 0 Å². The number of aromatic nitrogens is 3. The smallest absolute Gasteiger partial charge is 0.271 e. The predicted molar refractivity (Wildman–Crippen MR) is 99.3 cm³/mol. The normalized spacial score (nSPS) is 11.1. The summed E-state index contributed by atoms with van der Waals surface area (Å²) >= 11 is 7.18. The van der Waals surface area contributed by atoms with Crippen LogP contribution in [0.1, 0.15) is 0 Å². The lowest BCUT2D eigenvalue weighted by molar-refractivity contribution is -0.116. The zero-order valence-electron chi connectivity index (χ0n) is 12.8. The maximum Gasteiger partial charge on any atom is 0.271 e. The lowest BCUT2D eigenvalue weighted by Gasteiger charge is -2.07. The number of anilines is 1. The van der Waals surface area contributed by atoms with Crippen LogP contribution in [-0.2, 0) is 11.3 Å². The summed E-state index contributed by atoms with van der Waals surface area (Å²) in [7, 11) is 0. The largest absolute Gasteiger partial charge is 0.324 e. The van der Waals surface area contributed by atoms with Gasteiger partial charge in [0.1, 0.15) is 16.1 Å². The summed E-state index contributed by atoms with van der Waals surface area (Å²) in [6.07, 6.45) is 3.07. The lowest BCUT2D eigenvalue weighted by atomic mass is 10.3. The molecule has 3 heterocycles. The molecule has 0 saturated carbocycles. The Bertz CT molecular complexity index is 1170. The number of hydrogen-bond donors (Lipinski definition) is 1. The van der Waals surface area contributed by atoms with Gasteiger partial charge in [-0.1, -0.05) is 17.7 Å². The van der Waals surface area contributed by atoms with E-state index in [0.717, 1.165) is 10.2 Å². The van der Waals surface area contributed by atoms with Crippen molar-refractivity contribution in [3.8, 4) is 0 Å². The Morgan fingerprint density at radius 2 is 2.12 bits per heavy atom. The van der Waals surface area contributed by atoms with Gasteiger partial charge in [-0.05, 0) is 30.3 Å². The van der Waals surface area contributed by atoms with Crippen molar-refractivity contribution >= 4 is 55.0 Å². The minimum Gasteiger partial charge on any atom is -0.324 e. The third kappa shape index (κ3) is 2.99. The minimum absolute atomic E-state index is 0.129. The van der Waals surface area contributed by atoms with E-state index in [-0.39, 0.29) is 18.0 Å². The van der Waals surface area contributed by atoms with E-state index in [0.29, 0.717) is 20.9 Å². The average molecular weight is 371 g/mol. The number of halogens is 1. The summed E-state index contributed by atoms with van der Waals surface area (Å²) < 4.78 is 1.78. The molecule has 0 aliphatic heterocycles. The van der Waals surface area contributed by atoms with E-state index in [1.54, 1.807) is 36.5 Å². The van der Waals surface area contributed by atoms with Gasteiger partial charge in [-0.15, -0.1) is 11.3 Å². The van der Waals surface area contributed by atoms with Crippen LogP contribution < -0.4 is 10.9 Å². The molecule has 0 fully saturated rings. The molecule has 6 nitrogen and oxygen atoms in total. The fourth-order valence-electron chi connectivity index (χ4n) is 2.54. The van der Waals surface area contributed by atoms with E-state index in [9.17, 15) is 9.59 Å². The zero-order valence-corrected chi connectivity index (χ0v) is 14.3. The minimum atomic E-state index is -0.329. The monoisotopic (exact) mass is 370 g/mol. The summed E-state index contributed by atoms with van der Waals surface area (Å²) in [5, 5.41) is 4.08. The van der Waals surface area contributed by atoms with Gasteiger partial charge < -0.3 is 5.32 Å². The van der Waals surface area contributed by atoms with E-state index in [1.807, 2.05) is 6.07 Å². The van der Waals surface area contributed by atoms with Gasteiger partial charge in [-0.2, -0.15) is 0 Å². The second kappa shape index (κ2) is 6.27. The van der Waals surface area contributed by atoms with E-state index in [4.69, 9.17) is 11.6 Å². The van der Waals surface area contributed by atoms with E-state index in [2.05, 4.69) is 15.3 Å². The van der Waals surface area contributed by atoms with Crippen LogP contribution in [0.3, 0.4) is 0 Å². The number of amides is 1. The Balaban J connectivity index is 1.65. The zero-order chi connectivity index (χ0) is 17.4. The maximum atomic E-state index is 12.6. The Morgan fingerprint density at radius 1 is 1.24 bits per heavy atom. The molecule has 3 aromatic heterocycles. The van der Waals surface area contributed by atoms with Crippen molar-refractivity contribution in [1.29, 1.82) is 0 Å². The topological polar surface area (TPSA) is 76.9 Å². The van der Waals surface area contributed by atoms with Gasteiger partial charge in [0.2, 0.25) is 5.91 Å². The molecule has 25 heavy (non-hydrogen) atoms. The maximum absolute atomic E-state index is 12.6. The quantitative estimate of drug-likeness (QED) is 0.600. The molecule has 0 spiro atoms. The number of rotatable bonds is 3. The molecule has 0 radical (unpaired) electrons. The van der Waals surface area contributed by atoms with Crippen molar-refractivity contribution < 1.29 is 4.79 Å². The Hall–Kier alpha value is -2.77. The van der Waals surface area contributed by atoms with E-state index >= 15 is 0 Å². The molecule has 0 atom stereocenters. The molecular weight excluding hydrogens is 360 g/mol. The van der Waals surface area contributed by atoms with Crippen molar-refractivity contribution in [3.63, 3.8) is 0 Å². The summed E-state index contributed by atoms with van der Waals surface area (Å²) in [4.78, 5) is 34.2. The molecule has 0 aliphatic rings. The predicted octanol–water partition coefficient (Wildman–Crippen LogP) is 3.30. The highest BCUT2D eigenvalue weighted by atomic mass is 35.5. The first-order chi connectivity index (χ1) is 12.1. The molecule has 1 amide bonds. The molecule has 1 aromatic carbocycles. The van der Waals surface area contributed by atoms with Gasteiger partial charge >= 0.3 is 0 Å². The van der Waals surface area contributed by atoms with Gasteiger partial charge in [-0.25, -0.2) is 9.97 Å². The molecular formula is C17H11ClN4O2S. The highest BCUT2D eigenvalue weighted by molar-refractivity contribution is 7.25. The molecule has 0 unspecified atom stereocenters. The Labute approximate surface area is 150 Å². The van der Waals surface area contributed by atoms with Crippen LogP contribution in [0.25, 0.3) is 20.4 Å². The first kappa shape index (κ1) is 15.7. The highest BCUT2D eigenvalue weighted by Gasteiger charge is 2.13. The molecule has 0 bridgehead atoms. The second-order valence-corrected chi connectivity index (χ2v) is 6.81. The number of carbonyl (C=O) groups excluding carboxylic acids is 1. The number of pyridine rings is 1. The molecule has 0 aliphatic carbocycles. The van der Waals surface area contributed by atoms with E-state index < -0.39 is 0 Å². The lowest BCUT2D eigenvalue weighted by Crippen LogP contribution is -2.27. The number of nitrogens with one attached hydrogen (secondary N) is 1. The Kier molecular flexibility index (Phi) is 3.95. The SMILES string of the molecule is O=C(Cn1cnc2c(sc3ncccc32)c1=O)Nc1cccc(Cl)c1. The van der Waals surface area contributed by atoms with Crippen LogP contribution in [0.4, 0.5) is 5.69 Å². The fraction of sp³-hybridized carbons (Fsp3) is 0.0588. The Morgan fingerprint density at radius 3 is 2.96 bits per heavy atom. The summed E-state index contributed by atoms with van der Waals surface area (Å²) in [6, 6.07) is 10.5. The summed E-state index contributed by atoms with van der Waals surface area (Å²) in [5.41, 5.74) is 0.935. The average Bonchev–Trinajstić information content (AvgIpc) is 2.97. The first-order valence-electron chi connectivity index (χ1n) is 7.40. The van der Waals surface area contributed by atoms with Gasteiger partial charge in [0.05, 0.1) is 11.8 Å². The number of thiophene rings is 1. The fourth-order valence-corrected chi connectivity index (χ4v) is 3.77. The molecule has 1 N–H and O–H groups in total. The second-order valence-electron chi connectivity index (χ2n) is 5.37.